The summed E-state index contributed by atoms with van der Waals surface area (Å²) in [7, 11) is -3.32. The molecule has 0 aliphatic carbocycles. The minimum absolute atomic E-state index is 0.368. The van der Waals surface area contributed by atoms with Crippen LogP contribution in [0.5, 0.6) is 0 Å². The molecule has 7 heteroatoms. The molecule has 136 valence electrons. The molecule has 0 atom stereocenters. The van der Waals surface area contributed by atoms with Crippen LogP contribution in [0.1, 0.15) is 11.3 Å². The lowest BCUT2D eigenvalue weighted by Gasteiger charge is -2.26. The van der Waals surface area contributed by atoms with Gasteiger partial charge in [0, 0.05) is 25.8 Å². The Hall–Kier alpha value is -1.96. The first-order valence-corrected chi connectivity index (χ1v) is 11.2. The number of hydrogen-bond acceptors (Lipinski definition) is 6. The zero-order chi connectivity index (χ0) is 18.1. The van der Waals surface area contributed by atoms with Gasteiger partial charge in [0.05, 0.1) is 18.9 Å². The molecule has 1 fully saturated rings. The summed E-state index contributed by atoms with van der Waals surface area (Å²) in [5.41, 5.74) is 1.70. The number of fused-ring (bicyclic) bond motifs is 1. The lowest BCUT2D eigenvalue weighted by molar-refractivity contribution is 0.122. The number of aromatic nitrogens is 1. The van der Waals surface area contributed by atoms with E-state index in [2.05, 4.69) is 34.1 Å². The number of ether oxygens (including phenoxy) is 1. The van der Waals surface area contributed by atoms with E-state index in [4.69, 9.17) is 4.74 Å². The van der Waals surface area contributed by atoms with Crippen LogP contribution in [0.3, 0.4) is 0 Å². The highest BCUT2D eigenvalue weighted by molar-refractivity contribution is 7.92. The fourth-order valence-electron chi connectivity index (χ4n) is 3.16. The summed E-state index contributed by atoms with van der Waals surface area (Å²) >= 11 is 1.27. The smallest absolute Gasteiger partial charge is 0.186 e. The molecule has 4 rings (SSSR count). The van der Waals surface area contributed by atoms with E-state index in [9.17, 15) is 8.42 Å². The molecule has 0 radical (unpaired) electrons. The maximum absolute atomic E-state index is 12.3. The van der Waals surface area contributed by atoms with Gasteiger partial charge < -0.3 is 9.64 Å². The number of nitrogens with zero attached hydrogens (tertiary/aromatic N) is 2. The average Bonchev–Trinajstić information content (AvgIpc) is 3.07. The lowest BCUT2D eigenvalue weighted by atomic mass is 10.0. The molecule has 0 N–H and O–H groups in total. The fraction of sp³-hybridized carbons (Fsp3) is 0.316. The van der Waals surface area contributed by atoms with Crippen LogP contribution in [0.4, 0.5) is 5.13 Å². The van der Waals surface area contributed by atoms with E-state index < -0.39 is 9.84 Å². The number of morpholine rings is 1. The number of hydrogen-bond donors (Lipinski definition) is 0. The first kappa shape index (κ1) is 17.5. The van der Waals surface area contributed by atoms with Crippen LogP contribution >= 0.6 is 11.3 Å². The molecule has 1 aliphatic heterocycles. The largest absolute Gasteiger partial charge is 0.378 e. The summed E-state index contributed by atoms with van der Waals surface area (Å²) in [6.45, 7) is 2.78. The third-order valence-electron chi connectivity index (χ3n) is 4.45. The van der Waals surface area contributed by atoms with Crippen molar-refractivity contribution in [3.63, 3.8) is 0 Å². The minimum atomic E-state index is -3.32. The molecule has 0 spiro atoms. The third-order valence-corrected chi connectivity index (χ3v) is 7.47. The van der Waals surface area contributed by atoms with Crippen molar-refractivity contribution in [1.82, 2.24) is 4.98 Å². The Morgan fingerprint density at radius 1 is 1.12 bits per heavy atom. The van der Waals surface area contributed by atoms with E-state index in [0.29, 0.717) is 29.5 Å². The van der Waals surface area contributed by atoms with Crippen molar-refractivity contribution < 1.29 is 13.2 Å². The van der Waals surface area contributed by atoms with Gasteiger partial charge in [0.15, 0.2) is 15.0 Å². The minimum Gasteiger partial charge on any atom is -0.378 e. The van der Waals surface area contributed by atoms with Crippen LogP contribution < -0.4 is 4.90 Å². The summed E-state index contributed by atoms with van der Waals surface area (Å²) < 4.78 is 30.3. The highest BCUT2D eigenvalue weighted by atomic mass is 32.2. The predicted molar refractivity (Wildman–Crippen MR) is 105 cm³/mol. The van der Waals surface area contributed by atoms with Crippen LogP contribution in [-0.2, 0) is 21.0 Å². The van der Waals surface area contributed by atoms with Crippen molar-refractivity contribution in [3.8, 4) is 0 Å². The molecule has 1 aromatic heterocycles. The zero-order valence-electron chi connectivity index (χ0n) is 14.5. The van der Waals surface area contributed by atoms with E-state index >= 15 is 0 Å². The first-order valence-electron chi connectivity index (χ1n) is 8.51. The average molecular weight is 389 g/mol. The molecule has 0 saturated carbocycles. The molecule has 5 nitrogen and oxygen atoms in total. The maximum Gasteiger partial charge on any atom is 0.186 e. The predicted octanol–water partition coefficient (Wildman–Crippen LogP) is 3.13. The molecule has 2 aromatic carbocycles. The molecule has 1 saturated heterocycles. The van der Waals surface area contributed by atoms with Crippen molar-refractivity contribution in [1.29, 1.82) is 0 Å². The van der Waals surface area contributed by atoms with Gasteiger partial charge in [0.2, 0.25) is 0 Å². The van der Waals surface area contributed by atoms with E-state index in [0.717, 1.165) is 29.2 Å². The van der Waals surface area contributed by atoms with Crippen molar-refractivity contribution >= 4 is 37.1 Å². The quantitative estimate of drug-likeness (QED) is 0.687. The van der Waals surface area contributed by atoms with Gasteiger partial charge in [-0.25, -0.2) is 13.4 Å². The number of anilines is 1. The Bertz CT molecular complexity index is 1040. The Labute approximate surface area is 157 Å². The van der Waals surface area contributed by atoms with Gasteiger partial charge in [-0.05, 0) is 16.3 Å². The summed E-state index contributed by atoms with van der Waals surface area (Å²) in [5, 5.41) is 3.09. The van der Waals surface area contributed by atoms with Gasteiger partial charge in [-0.1, -0.05) is 53.8 Å². The van der Waals surface area contributed by atoms with Crippen molar-refractivity contribution in [2.45, 2.75) is 10.6 Å². The van der Waals surface area contributed by atoms with Crippen LogP contribution in [-0.4, -0.2) is 46.0 Å². The van der Waals surface area contributed by atoms with Gasteiger partial charge in [0.25, 0.3) is 0 Å². The van der Waals surface area contributed by atoms with E-state index in [1.807, 2.05) is 18.2 Å². The van der Waals surface area contributed by atoms with Gasteiger partial charge in [-0.2, -0.15) is 0 Å². The molecule has 1 aliphatic rings. The lowest BCUT2D eigenvalue weighted by Crippen LogP contribution is -2.36. The molecular weight excluding hydrogens is 368 g/mol. The summed E-state index contributed by atoms with van der Waals surface area (Å²) in [6, 6.07) is 14.4. The summed E-state index contributed by atoms with van der Waals surface area (Å²) in [6.07, 6.45) is 1.77. The topological polar surface area (TPSA) is 59.5 Å². The third kappa shape index (κ3) is 3.60. The summed E-state index contributed by atoms with van der Waals surface area (Å²) in [5.74, 6) is 0. The first-order chi connectivity index (χ1) is 12.5. The van der Waals surface area contributed by atoms with Gasteiger partial charge in [-0.15, -0.1) is 0 Å². The fourth-order valence-corrected chi connectivity index (χ4v) is 5.40. The molecule has 0 unspecified atom stereocenters. The Kier molecular flexibility index (Phi) is 4.69. The van der Waals surface area contributed by atoms with Crippen LogP contribution in [0.25, 0.3) is 10.8 Å². The zero-order valence-corrected chi connectivity index (χ0v) is 16.1. The highest BCUT2D eigenvalue weighted by Gasteiger charge is 2.23. The molecule has 2 heterocycles. The highest BCUT2D eigenvalue weighted by Crippen LogP contribution is 2.32. The number of sulfone groups is 1. The Morgan fingerprint density at radius 2 is 1.85 bits per heavy atom. The normalized spacial score (nSPS) is 15.5. The van der Waals surface area contributed by atoms with E-state index in [-0.39, 0.29) is 0 Å². The van der Waals surface area contributed by atoms with Gasteiger partial charge in [0.1, 0.15) is 4.21 Å². The number of benzene rings is 2. The SMILES string of the molecule is CS(=O)(=O)c1sc(N2CCOCC2)nc1Cc1ccc2ccccc2c1. The van der Waals surface area contributed by atoms with Crippen LogP contribution in [0.2, 0.25) is 0 Å². The van der Waals surface area contributed by atoms with Gasteiger partial charge in [-0.3, -0.25) is 0 Å². The maximum atomic E-state index is 12.3. The second kappa shape index (κ2) is 6.98. The molecule has 0 amide bonds. The summed E-state index contributed by atoms with van der Waals surface area (Å²) in [4.78, 5) is 6.79. The van der Waals surface area contributed by atoms with Crippen LogP contribution in [0.15, 0.2) is 46.7 Å². The monoisotopic (exact) mass is 388 g/mol. The second-order valence-corrected chi connectivity index (χ2v) is 9.65. The van der Waals surface area contributed by atoms with Crippen LogP contribution in [0, 0.1) is 0 Å². The second-order valence-electron chi connectivity index (χ2n) is 6.46. The van der Waals surface area contributed by atoms with Crippen molar-refractivity contribution in [2.75, 3.05) is 37.5 Å². The van der Waals surface area contributed by atoms with Crippen molar-refractivity contribution in [3.05, 3.63) is 53.7 Å². The molecule has 0 bridgehead atoms. The van der Waals surface area contributed by atoms with E-state index in [1.54, 1.807) is 0 Å². The molecular formula is C19H20N2O3S2. The standard InChI is InChI=1S/C19H20N2O3S2/c1-26(22,23)18-17(20-19(25-18)21-8-10-24-11-9-21)13-14-6-7-15-4-2-3-5-16(15)12-14/h2-7,12H,8-11,13H2,1H3. The molecule has 3 aromatic rings. The molecule has 26 heavy (non-hydrogen) atoms. The Morgan fingerprint density at radius 3 is 2.58 bits per heavy atom. The van der Waals surface area contributed by atoms with Crippen molar-refractivity contribution in [2.24, 2.45) is 0 Å². The van der Waals surface area contributed by atoms with E-state index in [1.165, 1.54) is 23.0 Å². The Balaban J connectivity index is 1.70. The number of thiazole rings is 1. The van der Waals surface area contributed by atoms with Gasteiger partial charge >= 0.3 is 0 Å². The number of rotatable bonds is 4.